The van der Waals surface area contributed by atoms with Crippen LogP contribution in [-0.2, 0) is 16.4 Å². The number of nitrogens with zero attached hydrogens (tertiary/aromatic N) is 2. The van der Waals surface area contributed by atoms with E-state index in [9.17, 15) is 13.2 Å². The summed E-state index contributed by atoms with van der Waals surface area (Å²) in [6, 6.07) is 11.7. The van der Waals surface area contributed by atoms with E-state index in [1.165, 1.54) is 17.7 Å². The molecule has 0 radical (unpaired) electrons. The van der Waals surface area contributed by atoms with Gasteiger partial charge < -0.3 is 9.52 Å². The summed E-state index contributed by atoms with van der Waals surface area (Å²) in [6.07, 6.45) is 0.990. The van der Waals surface area contributed by atoms with E-state index in [0.717, 1.165) is 18.1 Å². The van der Waals surface area contributed by atoms with Gasteiger partial charge in [-0.3, -0.25) is 0 Å². The third-order valence-corrected chi connectivity index (χ3v) is 6.34. The first-order valence-corrected chi connectivity index (χ1v) is 11.3. The Kier molecular flexibility index (Phi) is 6.45. The maximum absolute atomic E-state index is 12.7. The van der Waals surface area contributed by atoms with Gasteiger partial charge >= 0.3 is 12.0 Å². The number of carbonyl (C=O) groups is 1. The predicted octanol–water partition coefficient (Wildman–Crippen LogP) is 4.23. The minimum atomic E-state index is -4.10. The molecule has 1 heterocycles. The van der Waals surface area contributed by atoms with E-state index < -0.39 is 16.0 Å². The lowest BCUT2D eigenvalue weighted by Crippen LogP contribution is -2.15. The largest absolute Gasteiger partial charge is 0.478 e. The number of sulfonamides is 1. The summed E-state index contributed by atoms with van der Waals surface area (Å²) in [6.45, 7) is 7.79. The van der Waals surface area contributed by atoms with Gasteiger partial charge in [0, 0.05) is 0 Å². The maximum atomic E-state index is 12.7. The van der Waals surface area contributed by atoms with Crippen LogP contribution in [0.15, 0.2) is 51.8 Å². The van der Waals surface area contributed by atoms with Crippen molar-refractivity contribution in [3.05, 3.63) is 70.6 Å². The van der Waals surface area contributed by atoms with Gasteiger partial charge in [-0.05, 0) is 55.0 Å². The molecule has 1 atom stereocenters. The number of nitrogens with one attached hydrogen (secondary N) is 1. The molecule has 0 spiro atoms. The highest BCUT2D eigenvalue weighted by atomic mass is 32.2. The summed E-state index contributed by atoms with van der Waals surface area (Å²) in [5, 5.41) is 16.9. The standard InChI is InChI=1S/C22H25N3O5S/c1-13(2)11-16-6-9-17(10-7-16)15(4)20-23-24-22(30-20)25-31(28,29)19-12-18(21(26)27)8-5-14(19)3/h5-10,12-13,15H,11H2,1-4H3,(H,24,25)(H,26,27). The minimum absolute atomic E-state index is 0.133. The smallest absolute Gasteiger partial charge is 0.335 e. The second kappa shape index (κ2) is 8.89. The molecule has 2 N–H and O–H groups in total. The van der Waals surface area contributed by atoms with Crippen LogP contribution in [0.2, 0.25) is 0 Å². The molecule has 8 nitrogen and oxygen atoms in total. The number of rotatable bonds is 8. The molecule has 0 aliphatic carbocycles. The first-order chi connectivity index (χ1) is 14.6. The fourth-order valence-electron chi connectivity index (χ4n) is 3.20. The van der Waals surface area contributed by atoms with E-state index >= 15 is 0 Å². The van der Waals surface area contributed by atoms with Crippen LogP contribution in [-0.4, -0.2) is 29.7 Å². The molecule has 0 bridgehead atoms. The molecule has 0 fully saturated rings. The fourth-order valence-corrected chi connectivity index (χ4v) is 4.40. The third-order valence-electron chi connectivity index (χ3n) is 4.88. The lowest BCUT2D eigenvalue weighted by molar-refractivity contribution is 0.0696. The number of hydrogen-bond donors (Lipinski definition) is 2. The number of benzene rings is 2. The molecule has 1 unspecified atom stereocenters. The van der Waals surface area contributed by atoms with Gasteiger partial charge in [0.05, 0.1) is 16.4 Å². The molecule has 0 saturated carbocycles. The second-order valence-corrected chi connectivity index (χ2v) is 9.55. The van der Waals surface area contributed by atoms with Gasteiger partial charge in [0.1, 0.15) is 0 Å². The van der Waals surface area contributed by atoms with Crippen LogP contribution in [0.5, 0.6) is 0 Å². The molecule has 0 amide bonds. The van der Waals surface area contributed by atoms with E-state index in [2.05, 4.69) is 40.9 Å². The highest BCUT2D eigenvalue weighted by Crippen LogP contribution is 2.26. The van der Waals surface area contributed by atoms with E-state index in [1.54, 1.807) is 6.92 Å². The molecule has 1 aromatic heterocycles. The number of aromatic nitrogens is 2. The van der Waals surface area contributed by atoms with Gasteiger partial charge in [-0.1, -0.05) is 49.3 Å². The topological polar surface area (TPSA) is 122 Å². The number of carboxylic acid groups (broad SMARTS) is 1. The summed E-state index contributed by atoms with van der Waals surface area (Å²) in [7, 11) is -4.10. The molecule has 31 heavy (non-hydrogen) atoms. The normalized spacial score (nSPS) is 12.7. The first kappa shape index (κ1) is 22.5. The van der Waals surface area contributed by atoms with Gasteiger partial charge in [-0.15, -0.1) is 5.10 Å². The van der Waals surface area contributed by atoms with Gasteiger partial charge in [0.15, 0.2) is 0 Å². The monoisotopic (exact) mass is 443 g/mol. The Balaban J connectivity index is 1.79. The lowest BCUT2D eigenvalue weighted by Gasteiger charge is -2.10. The van der Waals surface area contributed by atoms with Gasteiger partial charge in [0.2, 0.25) is 5.89 Å². The summed E-state index contributed by atoms with van der Waals surface area (Å²) >= 11 is 0. The highest BCUT2D eigenvalue weighted by molar-refractivity contribution is 7.92. The van der Waals surface area contributed by atoms with Crippen molar-refractivity contribution >= 4 is 22.0 Å². The molecule has 3 aromatic rings. The van der Waals surface area contributed by atoms with Crippen molar-refractivity contribution in [2.24, 2.45) is 5.92 Å². The van der Waals surface area contributed by atoms with E-state index in [0.29, 0.717) is 11.5 Å². The quantitative estimate of drug-likeness (QED) is 0.534. The number of hydrogen-bond acceptors (Lipinski definition) is 6. The van der Waals surface area contributed by atoms with E-state index in [-0.39, 0.29) is 28.3 Å². The molecule has 2 aromatic carbocycles. The van der Waals surface area contributed by atoms with Crippen LogP contribution >= 0.6 is 0 Å². The zero-order valence-corrected chi connectivity index (χ0v) is 18.6. The Morgan fingerprint density at radius 2 is 1.77 bits per heavy atom. The van der Waals surface area contributed by atoms with Crippen LogP contribution in [0.4, 0.5) is 6.01 Å². The second-order valence-electron chi connectivity index (χ2n) is 7.90. The van der Waals surface area contributed by atoms with Crippen molar-refractivity contribution in [3.63, 3.8) is 0 Å². The Morgan fingerprint density at radius 3 is 2.39 bits per heavy atom. The number of aromatic carboxylic acids is 1. The first-order valence-electron chi connectivity index (χ1n) is 9.86. The number of anilines is 1. The van der Waals surface area contributed by atoms with Crippen molar-refractivity contribution < 1.29 is 22.7 Å². The molecular weight excluding hydrogens is 418 g/mol. The fraction of sp³-hybridized carbons (Fsp3) is 0.318. The van der Waals surface area contributed by atoms with E-state index in [1.807, 2.05) is 19.1 Å². The average Bonchev–Trinajstić information content (AvgIpc) is 3.15. The Labute approximate surface area is 181 Å². The summed E-state index contributed by atoms with van der Waals surface area (Å²) < 4.78 is 33.3. The number of aryl methyl sites for hydroxylation is 1. The maximum Gasteiger partial charge on any atom is 0.335 e. The molecule has 0 aliphatic rings. The SMILES string of the molecule is Cc1ccc(C(=O)O)cc1S(=O)(=O)Nc1nnc(C(C)c2ccc(CC(C)C)cc2)o1. The molecular formula is C22H25N3O5S. The Bertz CT molecular complexity index is 1180. The number of carboxylic acids is 1. The van der Waals surface area contributed by atoms with Crippen LogP contribution in [0.25, 0.3) is 0 Å². The molecule has 9 heteroatoms. The van der Waals surface area contributed by atoms with Crippen molar-refractivity contribution in [1.82, 2.24) is 10.2 Å². The lowest BCUT2D eigenvalue weighted by atomic mass is 9.97. The summed E-state index contributed by atoms with van der Waals surface area (Å²) in [5.41, 5.74) is 2.47. The van der Waals surface area contributed by atoms with Crippen LogP contribution < -0.4 is 4.72 Å². The zero-order valence-electron chi connectivity index (χ0n) is 17.8. The predicted molar refractivity (Wildman–Crippen MR) is 116 cm³/mol. The third kappa shape index (κ3) is 5.29. The van der Waals surface area contributed by atoms with Gasteiger partial charge in [0.25, 0.3) is 10.0 Å². The van der Waals surface area contributed by atoms with E-state index in [4.69, 9.17) is 9.52 Å². The van der Waals surface area contributed by atoms with Crippen LogP contribution in [0.1, 0.15) is 59.6 Å². The van der Waals surface area contributed by atoms with Crippen molar-refractivity contribution in [2.45, 2.75) is 44.9 Å². The zero-order chi connectivity index (χ0) is 22.8. The molecule has 3 rings (SSSR count). The van der Waals surface area contributed by atoms with Crippen molar-refractivity contribution in [2.75, 3.05) is 4.72 Å². The van der Waals surface area contributed by atoms with Gasteiger partial charge in [-0.2, -0.15) is 0 Å². The molecule has 164 valence electrons. The highest BCUT2D eigenvalue weighted by Gasteiger charge is 2.23. The van der Waals surface area contributed by atoms with Crippen molar-refractivity contribution in [3.8, 4) is 0 Å². The minimum Gasteiger partial charge on any atom is -0.478 e. The Morgan fingerprint density at radius 1 is 1.10 bits per heavy atom. The van der Waals surface area contributed by atoms with Gasteiger partial charge in [-0.25, -0.2) is 17.9 Å². The summed E-state index contributed by atoms with van der Waals surface area (Å²) in [5.74, 6) is -0.611. The molecule has 0 aliphatic heterocycles. The van der Waals surface area contributed by atoms with Crippen LogP contribution in [0.3, 0.4) is 0 Å². The summed E-state index contributed by atoms with van der Waals surface area (Å²) in [4.78, 5) is 11.0. The Hall–Kier alpha value is -3.20. The molecule has 0 saturated heterocycles. The van der Waals surface area contributed by atoms with Crippen molar-refractivity contribution in [1.29, 1.82) is 0 Å². The average molecular weight is 444 g/mol. The van der Waals surface area contributed by atoms with Crippen LogP contribution in [0, 0.1) is 12.8 Å².